The van der Waals surface area contributed by atoms with E-state index in [1.54, 1.807) is 0 Å². The summed E-state index contributed by atoms with van der Waals surface area (Å²) in [7, 11) is 0. The first-order chi connectivity index (χ1) is 10.9. The molecule has 0 bridgehead atoms. The lowest BCUT2D eigenvalue weighted by Gasteiger charge is -2.31. The monoisotopic (exact) mass is 293 g/mol. The van der Waals surface area contributed by atoms with Crippen molar-refractivity contribution in [3.05, 3.63) is 35.1 Å². The Hall–Kier alpha value is -1.72. The number of furan rings is 1. The highest BCUT2D eigenvalue weighted by Crippen LogP contribution is 2.39. The average Bonchev–Trinajstić information content (AvgIpc) is 2.94. The second-order valence-electron chi connectivity index (χ2n) is 6.69. The molecule has 2 aliphatic rings. The van der Waals surface area contributed by atoms with Crippen molar-refractivity contribution in [1.82, 2.24) is 4.90 Å². The van der Waals surface area contributed by atoms with Gasteiger partial charge in [-0.05, 0) is 62.7 Å². The zero-order chi connectivity index (χ0) is 14.9. The lowest BCUT2D eigenvalue weighted by Crippen LogP contribution is -2.33. The smallest absolute Gasteiger partial charge is 0.134 e. The minimum Gasteiger partial charge on any atom is -0.461 e. The highest BCUT2D eigenvalue weighted by Gasteiger charge is 2.25. The van der Waals surface area contributed by atoms with Crippen molar-refractivity contribution in [3.63, 3.8) is 0 Å². The molecule has 4 rings (SSSR count). The first-order valence-corrected chi connectivity index (χ1v) is 8.56. The second-order valence-corrected chi connectivity index (χ2v) is 6.69. The Morgan fingerprint density at radius 1 is 1.18 bits per heavy atom. The molecular formula is C20H23NO. The van der Waals surface area contributed by atoms with Gasteiger partial charge in [0.2, 0.25) is 0 Å². The lowest BCUT2D eigenvalue weighted by atomic mass is 9.84. The Morgan fingerprint density at radius 2 is 2.00 bits per heavy atom. The molecule has 1 aliphatic heterocycles. The van der Waals surface area contributed by atoms with Crippen LogP contribution >= 0.6 is 0 Å². The van der Waals surface area contributed by atoms with Crippen LogP contribution in [0.5, 0.6) is 0 Å². The predicted octanol–water partition coefficient (Wildman–Crippen LogP) is 4.12. The number of nitrogens with zero attached hydrogens (tertiary/aromatic N) is 1. The Balaban J connectivity index is 1.68. The molecule has 1 aromatic carbocycles. The van der Waals surface area contributed by atoms with E-state index in [1.165, 1.54) is 54.4 Å². The van der Waals surface area contributed by atoms with E-state index < -0.39 is 0 Å². The number of terminal acetylenes is 1. The van der Waals surface area contributed by atoms with E-state index in [0.717, 1.165) is 31.6 Å². The van der Waals surface area contributed by atoms with Crippen LogP contribution in [0.4, 0.5) is 0 Å². The minimum absolute atomic E-state index is 0.654. The molecule has 0 amide bonds. The molecule has 2 heterocycles. The Bertz CT molecular complexity index is 713. The summed E-state index contributed by atoms with van der Waals surface area (Å²) < 4.78 is 6.14. The van der Waals surface area contributed by atoms with Gasteiger partial charge in [-0.2, -0.15) is 0 Å². The number of benzene rings is 1. The summed E-state index contributed by atoms with van der Waals surface area (Å²) in [5.74, 6) is 4.67. The summed E-state index contributed by atoms with van der Waals surface area (Å²) >= 11 is 0. The molecule has 0 spiro atoms. The average molecular weight is 293 g/mol. The molecule has 0 N–H and O–H groups in total. The molecule has 0 unspecified atom stereocenters. The van der Waals surface area contributed by atoms with Crippen LogP contribution in [0.25, 0.3) is 11.0 Å². The standard InChI is InChI=1S/C20H23NO/c1-2-12-21-13-10-15(11-14-21)16-7-5-9-19-20(16)17-6-3-4-8-18(17)22-19/h1,5,7,9,15H,3-4,6,8,10-14H2. The van der Waals surface area contributed by atoms with E-state index >= 15 is 0 Å². The van der Waals surface area contributed by atoms with E-state index in [9.17, 15) is 0 Å². The molecule has 2 nitrogen and oxygen atoms in total. The summed E-state index contributed by atoms with van der Waals surface area (Å²) in [4.78, 5) is 2.39. The maximum absolute atomic E-state index is 6.14. The third kappa shape index (κ3) is 2.34. The Morgan fingerprint density at radius 3 is 2.82 bits per heavy atom. The predicted molar refractivity (Wildman–Crippen MR) is 90.1 cm³/mol. The third-order valence-corrected chi connectivity index (χ3v) is 5.35. The maximum Gasteiger partial charge on any atom is 0.134 e. The van der Waals surface area contributed by atoms with E-state index in [0.29, 0.717) is 5.92 Å². The summed E-state index contributed by atoms with van der Waals surface area (Å²) in [5, 5.41) is 1.44. The zero-order valence-corrected chi connectivity index (χ0v) is 13.1. The van der Waals surface area contributed by atoms with Gasteiger partial charge in [0.05, 0.1) is 6.54 Å². The fourth-order valence-corrected chi connectivity index (χ4v) is 4.21. The van der Waals surface area contributed by atoms with Gasteiger partial charge in [0, 0.05) is 17.4 Å². The number of aryl methyl sites for hydroxylation is 2. The van der Waals surface area contributed by atoms with Gasteiger partial charge >= 0.3 is 0 Å². The molecule has 0 atom stereocenters. The topological polar surface area (TPSA) is 16.4 Å². The largest absolute Gasteiger partial charge is 0.461 e. The SMILES string of the molecule is C#CCN1CCC(c2cccc3oc4c(c23)CCCC4)CC1. The molecule has 1 saturated heterocycles. The molecule has 1 fully saturated rings. The van der Waals surface area contributed by atoms with Crippen molar-refractivity contribution in [2.24, 2.45) is 0 Å². The van der Waals surface area contributed by atoms with Crippen LogP contribution in [0, 0.1) is 12.3 Å². The van der Waals surface area contributed by atoms with Crippen LogP contribution in [0.15, 0.2) is 22.6 Å². The molecule has 1 aliphatic carbocycles. The minimum atomic E-state index is 0.654. The molecular weight excluding hydrogens is 270 g/mol. The quantitative estimate of drug-likeness (QED) is 0.774. The van der Waals surface area contributed by atoms with Gasteiger partial charge in [0.25, 0.3) is 0 Å². The summed E-state index contributed by atoms with van der Waals surface area (Å²) in [5.41, 5.74) is 4.13. The first kappa shape index (κ1) is 13.9. The highest BCUT2D eigenvalue weighted by molar-refractivity contribution is 5.86. The number of fused-ring (bicyclic) bond motifs is 3. The van der Waals surface area contributed by atoms with Crippen molar-refractivity contribution in [1.29, 1.82) is 0 Å². The normalized spacial score (nSPS) is 20.0. The zero-order valence-electron chi connectivity index (χ0n) is 13.1. The number of rotatable bonds is 2. The fourth-order valence-electron chi connectivity index (χ4n) is 4.21. The van der Waals surface area contributed by atoms with Gasteiger partial charge in [-0.1, -0.05) is 18.1 Å². The van der Waals surface area contributed by atoms with E-state index in [-0.39, 0.29) is 0 Å². The fraction of sp³-hybridized carbons (Fsp3) is 0.500. The van der Waals surface area contributed by atoms with Crippen LogP contribution in [0.2, 0.25) is 0 Å². The first-order valence-electron chi connectivity index (χ1n) is 8.56. The van der Waals surface area contributed by atoms with E-state index in [4.69, 9.17) is 10.8 Å². The summed E-state index contributed by atoms with van der Waals surface area (Å²) in [6, 6.07) is 6.64. The van der Waals surface area contributed by atoms with Crippen LogP contribution in [-0.2, 0) is 12.8 Å². The van der Waals surface area contributed by atoms with Crippen LogP contribution in [-0.4, -0.2) is 24.5 Å². The molecule has 0 saturated carbocycles. The van der Waals surface area contributed by atoms with Crippen molar-refractivity contribution < 1.29 is 4.42 Å². The molecule has 2 heteroatoms. The lowest BCUT2D eigenvalue weighted by molar-refractivity contribution is 0.236. The van der Waals surface area contributed by atoms with Gasteiger partial charge in [-0.15, -0.1) is 6.42 Å². The van der Waals surface area contributed by atoms with Gasteiger partial charge in [0.1, 0.15) is 11.3 Å². The van der Waals surface area contributed by atoms with Gasteiger partial charge in [-0.3, -0.25) is 4.90 Å². The molecule has 1 aromatic heterocycles. The molecule has 114 valence electrons. The van der Waals surface area contributed by atoms with Gasteiger partial charge in [0.15, 0.2) is 0 Å². The number of likely N-dealkylation sites (tertiary alicyclic amines) is 1. The summed E-state index contributed by atoms with van der Waals surface area (Å²) in [6.45, 7) is 3.02. The Kier molecular flexibility index (Phi) is 3.68. The number of hydrogen-bond acceptors (Lipinski definition) is 2. The van der Waals surface area contributed by atoms with Crippen LogP contribution in [0.3, 0.4) is 0 Å². The maximum atomic E-state index is 6.14. The molecule has 2 aromatic rings. The van der Waals surface area contributed by atoms with Crippen LogP contribution < -0.4 is 0 Å². The van der Waals surface area contributed by atoms with E-state index in [1.807, 2.05) is 0 Å². The Labute approximate surface area is 132 Å². The van der Waals surface area contributed by atoms with Gasteiger partial charge < -0.3 is 4.42 Å². The van der Waals surface area contributed by atoms with Crippen LogP contribution in [0.1, 0.15) is 48.5 Å². The van der Waals surface area contributed by atoms with Crippen molar-refractivity contribution in [2.75, 3.05) is 19.6 Å². The summed E-state index contributed by atoms with van der Waals surface area (Å²) in [6.07, 6.45) is 12.7. The van der Waals surface area contributed by atoms with E-state index in [2.05, 4.69) is 29.0 Å². The third-order valence-electron chi connectivity index (χ3n) is 5.35. The van der Waals surface area contributed by atoms with Gasteiger partial charge in [-0.25, -0.2) is 0 Å². The number of hydrogen-bond donors (Lipinski definition) is 0. The van der Waals surface area contributed by atoms with Crippen molar-refractivity contribution in [3.8, 4) is 12.3 Å². The van der Waals surface area contributed by atoms with Crippen molar-refractivity contribution >= 4 is 11.0 Å². The molecule has 0 radical (unpaired) electrons. The number of piperidine rings is 1. The highest BCUT2D eigenvalue weighted by atomic mass is 16.3. The second kappa shape index (κ2) is 5.82. The molecule has 22 heavy (non-hydrogen) atoms. The van der Waals surface area contributed by atoms with Crippen molar-refractivity contribution in [2.45, 2.75) is 44.4 Å².